The summed E-state index contributed by atoms with van der Waals surface area (Å²) in [6, 6.07) is 20.8. The van der Waals surface area contributed by atoms with Crippen LogP contribution in [0, 0.1) is 0 Å². The molecule has 14 nitrogen and oxygen atoms in total. The van der Waals surface area contributed by atoms with Gasteiger partial charge >= 0.3 is 13.7 Å². The third kappa shape index (κ3) is 7.73. The van der Waals surface area contributed by atoms with Crippen LogP contribution >= 0.6 is 19.3 Å². The van der Waals surface area contributed by atoms with Gasteiger partial charge in [-0.1, -0.05) is 73.2 Å². The molecule has 2 aliphatic rings. The Kier molecular flexibility index (Phi) is 10.5. The van der Waals surface area contributed by atoms with Gasteiger partial charge in [0.15, 0.2) is 23.2 Å². The molecule has 6 atom stereocenters. The number of halogens is 1. The molecule has 2 fully saturated rings. The highest BCUT2D eigenvalue weighted by molar-refractivity contribution is 7.52. The monoisotopic (exact) mass is 736 g/mol. The Morgan fingerprint density at radius 1 is 1.02 bits per heavy atom. The largest absolute Gasteiger partial charge is 0.461 e. The van der Waals surface area contributed by atoms with Gasteiger partial charge in [0, 0.05) is 5.39 Å². The molecule has 1 saturated heterocycles. The number of nitrogen functional groups attached to an aromatic ring is 1. The summed E-state index contributed by atoms with van der Waals surface area (Å²) in [6.45, 7) is -0.527. The van der Waals surface area contributed by atoms with E-state index in [1.807, 2.05) is 60.7 Å². The predicted molar refractivity (Wildman–Crippen MR) is 189 cm³/mol. The van der Waals surface area contributed by atoms with E-state index in [9.17, 15) is 19.6 Å². The Morgan fingerprint density at radius 2 is 1.76 bits per heavy atom. The molecule has 2 aromatic heterocycles. The Morgan fingerprint density at radius 3 is 2.57 bits per heavy atom. The number of anilines is 1. The lowest BCUT2D eigenvalue weighted by Crippen LogP contribution is -2.42. The maximum absolute atomic E-state index is 14.9. The van der Waals surface area contributed by atoms with Crippen LogP contribution in [0.4, 0.5) is 5.82 Å². The van der Waals surface area contributed by atoms with Crippen LogP contribution in [0.3, 0.4) is 0 Å². The third-order valence-corrected chi connectivity index (χ3v) is 11.0. The molecule has 1 aliphatic carbocycles. The van der Waals surface area contributed by atoms with Crippen molar-refractivity contribution < 1.29 is 38.1 Å². The summed E-state index contributed by atoms with van der Waals surface area (Å²) in [6.07, 6.45) is 0.0385. The smallest absolute Gasteiger partial charge is 0.459 e. The molecule has 268 valence electrons. The summed E-state index contributed by atoms with van der Waals surface area (Å²) in [7, 11) is -4.49. The molecule has 1 aliphatic heterocycles. The number of benzene rings is 3. The van der Waals surface area contributed by atoms with Gasteiger partial charge in [0.1, 0.15) is 42.5 Å². The van der Waals surface area contributed by atoms with E-state index in [0.29, 0.717) is 5.39 Å². The van der Waals surface area contributed by atoms with E-state index in [-0.39, 0.29) is 40.5 Å². The van der Waals surface area contributed by atoms with Gasteiger partial charge in [-0.3, -0.25) is 13.9 Å². The predicted octanol–water partition coefficient (Wildman–Crippen LogP) is 5.11. The summed E-state index contributed by atoms with van der Waals surface area (Å²) in [5.41, 5.74) is 7.10. The lowest BCUT2D eigenvalue weighted by Gasteiger charge is -2.28. The number of nitrogens with one attached hydrogen (secondary N) is 1. The molecule has 0 bridgehead atoms. The number of aliphatic hydroxyl groups is 2. The minimum atomic E-state index is -4.49. The highest BCUT2D eigenvalue weighted by Crippen LogP contribution is 2.48. The number of esters is 1. The van der Waals surface area contributed by atoms with Crippen molar-refractivity contribution in [3.63, 3.8) is 0 Å². The summed E-state index contributed by atoms with van der Waals surface area (Å²) in [5.74, 6) is -0.285. The number of fused-ring (bicyclic) bond motifs is 2. The summed E-state index contributed by atoms with van der Waals surface area (Å²) in [4.78, 5) is 26.1. The van der Waals surface area contributed by atoms with Crippen molar-refractivity contribution >= 4 is 53.1 Å². The number of hydrogen-bond acceptors (Lipinski definition) is 12. The number of rotatable bonds is 12. The number of imidazole rings is 1. The van der Waals surface area contributed by atoms with Crippen LogP contribution in [0.15, 0.2) is 79.1 Å². The van der Waals surface area contributed by atoms with Crippen molar-refractivity contribution in [1.29, 1.82) is 0 Å². The summed E-state index contributed by atoms with van der Waals surface area (Å²) >= 11 is 6.40. The highest BCUT2D eigenvalue weighted by atomic mass is 35.5. The van der Waals surface area contributed by atoms with E-state index in [1.165, 1.54) is 10.9 Å². The van der Waals surface area contributed by atoms with E-state index in [0.717, 1.165) is 43.1 Å². The molecular formula is C35H38ClN6O8P. The Hall–Kier alpha value is -4.14. The van der Waals surface area contributed by atoms with E-state index in [1.54, 1.807) is 12.1 Å². The minimum absolute atomic E-state index is 0.0678. The van der Waals surface area contributed by atoms with E-state index >= 15 is 0 Å². The maximum Gasteiger partial charge on any atom is 0.459 e. The van der Waals surface area contributed by atoms with Crippen LogP contribution in [0.1, 0.15) is 43.9 Å². The van der Waals surface area contributed by atoms with Gasteiger partial charge in [0.25, 0.3) is 0 Å². The Labute approximate surface area is 298 Å². The number of nitrogens with two attached hydrogens (primary N) is 1. The number of carbonyl (C=O) groups excluding carboxylic acids is 1. The quantitative estimate of drug-likeness (QED) is 0.0751. The fraction of sp³-hybridized carbons (Fsp3) is 0.371. The van der Waals surface area contributed by atoms with Crippen molar-refractivity contribution in [3.8, 4) is 5.75 Å². The number of aliphatic hydroxyl groups excluding tert-OH is 2. The number of ether oxygens (including phenoxy) is 2. The highest BCUT2D eigenvalue weighted by Gasteiger charge is 2.47. The molecule has 5 N–H and O–H groups in total. The van der Waals surface area contributed by atoms with Gasteiger partial charge < -0.3 is 29.9 Å². The SMILES string of the molecule is Nc1ncnc2c1nc(Cl)n2[C@@H]1O[C@H](COP(=O)(N[C@@H](Cc2ccccc2)C(=O)OC2CCCCC2)Oc2cccc3ccccc23)[C@H](O)[C@@H]1O. The summed E-state index contributed by atoms with van der Waals surface area (Å²) in [5, 5.41) is 26.4. The van der Waals surface area contributed by atoms with Crippen molar-refractivity contribution in [2.75, 3.05) is 12.3 Å². The zero-order valence-electron chi connectivity index (χ0n) is 27.5. The molecule has 51 heavy (non-hydrogen) atoms. The molecule has 1 saturated carbocycles. The fourth-order valence-electron chi connectivity index (χ4n) is 6.52. The lowest BCUT2D eigenvalue weighted by atomic mass is 9.97. The van der Waals surface area contributed by atoms with Crippen molar-refractivity contribution in [3.05, 3.63) is 90.0 Å². The van der Waals surface area contributed by atoms with Crippen LogP contribution in [0.5, 0.6) is 5.75 Å². The van der Waals surface area contributed by atoms with Crippen molar-refractivity contribution in [2.45, 2.75) is 75.2 Å². The maximum atomic E-state index is 14.9. The zero-order valence-corrected chi connectivity index (χ0v) is 29.1. The third-order valence-electron chi connectivity index (χ3n) is 9.15. The van der Waals surface area contributed by atoms with Gasteiger partial charge in [0.05, 0.1) is 6.61 Å². The molecule has 7 rings (SSSR count). The van der Waals surface area contributed by atoms with Crippen molar-refractivity contribution in [1.82, 2.24) is 24.6 Å². The first-order valence-corrected chi connectivity index (χ1v) is 18.7. The van der Waals surface area contributed by atoms with Crippen molar-refractivity contribution in [2.24, 2.45) is 0 Å². The molecule has 3 heterocycles. The number of nitrogens with zero attached hydrogens (tertiary/aromatic N) is 4. The van der Waals surface area contributed by atoms with E-state index < -0.39 is 50.9 Å². The second-order valence-corrected chi connectivity index (χ2v) is 14.7. The van der Waals surface area contributed by atoms with Crippen LogP contribution in [-0.4, -0.2) is 72.8 Å². The normalized spacial score (nSPS) is 22.9. The van der Waals surface area contributed by atoms with E-state index in [4.69, 9.17) is 35.9 Å². The number of aromatic nitrogens is 4. The van der Waals surface area contributed by atoms with E-state index in [2.05, 4.69) is 20.0 Å². The first-order chi connectivity index (χ1) is 24.7. The topological polar surface area (TPSA) is 193 Å². The van der Waals surface area contributed by atoms with Gasteiger partial charge in [0.2, 0.25) is 5.28 Å². The van der Waals surface area contributed by atoms with Crippen LogP contribution in [-0.2, 0) is 29.8 Å². The first kappa shape index (κ1) is 35.3. The van der Waals surface area contributed by atoms with Crippen LogP contribution in [0.25, 0.3) is 21.9 Å². The van der Waals surface area contributed by atoms with Gasteiger partial charge in [-0.2, -0.15) is 5.09 Å². The standard InChI is InChI=1S/C35H38ClN6O8P/c36-35-40-28-31(37)38-20-39-32(28)42(35)33-30(44)29(43)27(49-33)19-47-51(46,50-26-17-9-13-22-12-7-8-16-24(22)26)41-25(18-21-10-3-1-4-11-21)34(45)48-23-14-5-2-6-15-23/h1,3-4,7-13,16-17,20,23,25,27,29-30,33,43-44H,2,5-6,14-15,18-19H2,(H,41,46)(H2,37,38,39)/t25-,27+,29-,30-,33+,51?/m0/s1. The average Bonchev–Trinajstić information content (AvgIpc) is 3.62. The Bertz CT molecular complexity index is 2040. The molecule has 3 aromatic carbocycles. The van der Waals surface area contributed by atoms with Crippen LogP contribution < -0.4 is 15.3 Å². The van der Waals surface area contributed by atoms with Crippen LogP contribution in [0.2, 0.25) is 5.28 Å². The molecule has 0 spiro atoms. The molecular weight excluding hydrogens is 699 g/mol. The molecule has 5 aromatic rings. The molecule has 1 unspecified atom stereocenters. The van der Waals surface area contributed by atoms with Gasteiger partial charge in [-0.05, 0) is 60.7 Å². The van der Waals surface area contributed by atoms with Gasteiger partial charge in [-0.25, -0.2) is 19.5 Å². The second kappa shape index (κ2) is 15.2. The first-order valence-electron chi connectivity index (χ1n) is 16.8. The fourth-order valence-corrected chi connectivity index (χ4v) is 8.30. The lowest BCUT2D eigenvalue weighted by molar-refractivity contribution is -0.152. The number of carbonyl (C=O) groups is 1. The molecule has 0 amide bonds. The molecule has 0 radical (unpaired) electrons. The molecule has 16 heteroatoms. The second-order valence-electron chi connectivity index (χ2n) is 12.7. The average molecular weight is 737 g/mol. The summed E-state index contributed by atoms with van der Waals surface area (Å²) < 4.78 is 40.4. The Balaban J connectivity index is 1.18. The van der Waals surface area contributed by atoms with Gasteiger partial charge in [-0.15, -0.1) is 0 Å². The zero-order chi connectivity index (χ0) is 35.5. The minimum Gasteiger partial charge on any atom is -0.461 e. The number of hydrogen-bond donors (Lipinski definition) is 4.